The lowest BCUT2D eigenvalue weighted by Gasteiger charge is -2.23. The number of nitrogens with zero attached hydrogens (tertiary/aromatic N) is 1. The van der Waals surface area contributed by atoms with E-state index in [0.29, 0.717) is 18.0 Å². The molecule has 1 aromatic carbocycles. The molecule has 2 N–H and O–H groups in total. The van der Waals surface area contributed by atoms with Crippen LogP contribution in [-0.2, 0) is 4.79 Å². The van der Waals surface area contributed by atoms with Gasteiger partial charge in [0.1, 0.15) is 0 Å². The maximum Gasteiger partial charge on any atom is 0.227 e. The third-order valence-corrected chi connectivity index (χ3v) is 3.15. The highest BCUT2D eigenvalue weighted by Crippen LogP contribution is 2.27. The molecule has 0 saturated carbocycles. The minimum absolute atomic E-state index is 0.0442. The van der Waals surface area contributed by atoms with E-state index >= 15 is 0 Å². The van der Waals surface area contributed by atoms with E-state index < -0.39 is 0 Å². The van der Waals surface area contributed by atoms with Crippen LogP contribution in [0.5, 0.6) is 0 Å². The number of carbonyl (C=O) groups excluding carboxylic acids is 1. The molecule has 0 aromatic heterocycles. The molecule has 86 valence electrons. The summed E-state index contributed by atoms with van der Waals surface area (Å²) in [4.78, 5) is 13.6. The molecule has 1 amide bonds. The number of anilines is 1. The first-order valence-corrected chi connectivity index (χ1v) is 5.87. The zero-order valence-corrected chi connectivity index (χ0v) is 9.78. The Morgan fingerprint density at radius 3 is 2.88 bits per heavy atom. The van der Waals surface area contributed by atoms with Crippen LogP contribution in [0.25, 0.3) is 0 Å². The minimum Gasteiger partial charge on any atom is -0.326 e. The van der Waals surface area contributed by atoms with Crippen LogP contribution < -0.4 is 10.6 Å². The van der Waals surface area contributed by atoms with Crippen LogP contribution in [0.3, 0.4) is 0 Å². The van der Waals surface area contributed by atoms with Crippen molar-refractivity contribution < 1.29 is 4.79 Å². The molecule has 0 spiro atoms. The fourth-order valence-electron chi connectivity index (χ4n) is 1.98. The molecule has 1 heterocycles. The number of halogens is 1. The fourth-order valence-corrected chi connectivity index (χ4v) is 2.22. The number of benzene rings is 1. The van der Waals surface area contributed by atoms with Crippen molar-refractivity contribution in [2.24, 2.45) is 5.73 Å². The molecule has 2 rings (SSSR count). The topological polar surface area (TPSA) is 46.3 Å². The lowest BCUT2D eigenvalue weighted by atomic mass is 10.1. The summed E-state index contributed by atoms with van der Waals surface area (Å²) in [5, 5.41) is 0.602. The molecule has 1 aliphatic rings. The Kier molecular flexibility index (Phi) is 3.46. The van der Waals surface area contributed by atoms with Gasteiger partial charge in [-0.3, -0.25) is 4.79 Å². The Hall–Kier alpha value is -1.06. The number of nitrogens with two attached hydrogens (primary N) is 1. The van der Waals surface area contributed by atoms with Crippen LogP contribution in [0.2, 0.25) is 5.02 Å². The van der Waals surface area contributed by atoms with Gasteiger partial charge in [0.05, 0.1) is 10.7 Å². The molecule has 1 atom stereocenters. The smallest absolute Gasteiger partial charge is 0.227 e. The van der Waals surface area contributed by atoms with Crippen molar-refractivity contribution in [2.45, 2.75) is 25.3 Å². The van der Waals surface area contributed by atoms with E-state index in [2.05, 4.69) is 0 Å². The molecule has 3 nitrogen and oxygen atoms in total. The standard InChI is InChI=1S/C12H15ClN2O/c13-10-5-1-2-6-11(10)15-8-9(14)4-3-7-12(15)16/h1-2,5-6,9H,3-4,7-8,14H2. The molecule has 1 aromatic rings. The van der Waals surface area contributed by atoms with E-state index in [1.807, 2.05) is 18.2 Å². The van der Waals surface area contributed by atoms with E-state index in [-0.39, 0.29) is 11.9 Å². The zero-order valence-electron chi connectivity index (χ0n) is 9.03. The van der Waals surface area contributed by atoms with Gasteiger partial charge in [0, 0.05) is 19.0 Å². The first-order chi connectivity index (χ1) is 7.68. The van der Waals surface area contributed by atoms with Crippen LogP contribution in [-0.4, -0.2) is 18.5 Å². The van der Waals surface area contributed by atoms with Gasteiger partial charge in [-0.15, -0.1) is 0 Å². The van der Waals surface area contributed by atoms with Crippen LogP contribution in [0.4, 0.5) is 5.69 Å². The lowest BCUT2D eigenvalue weighted by Crippen LogP contribution is -2.38. The maximum absolute atomic E-state index is 11.9. The number of hydrogen-bond acceptors (Lipinski definition) is 2. The highest BCUT2D eigenvalue weighted by molar-refractivity contribution is 6.33. The summed E-state index contributed by atoms with van der Waals surface area (Å²) in [6, 6.07) is 7.43. The summed E-state index contributed by atoms with van der Waals surface area (Å²) in [7, 11) is 0. The van der Waals surface area contributed by atoms with Gasteiger partial charge in [-0.1, -0.05) is 23.7 Å². The van der Waals surface area contributed by atoms with Crippen molar-refractivity contribution in [1.29, 1.82) is 0 Å². The number of hydrogen-bond donors (Lipinski definition) is 1. The predicted octanol–water partition coefficient (Wildman–Crippen LogP) is 2.18. The third-order valence-electron chi connectivity index (χ3n) is 2.83. The predicted molar refractivity (Wildman–Crippen MR) is 65.6 cm³/mol. The van der Waals surface area contributed by atoms with E-state index in [9.17, 15) is 4.79 Å². The first-order valence-electron chi connectivity index (χ1n) is 5.49. The monoisotopic (exact) mass is 238 g/mol. The van der Waals surface area contributed by atoms with Crippen LogP contribution in [0.1, 0.15) is 19.3 Å². The van der Waals surface area contributed by atoms with Crippen LogP contribution in [0.15, 0.2) is 24.3 Å². The molecule has 1 saturated heterocycles. The van der Waals surface area contributed by atoms with Gasteiger partial charge >= 0.3 is 0 Å². The highest BCUT2D eigenvalue weighted by atomic mass is 35.5. The quantitative estimate of drug-likeness (QED) is 0.815. The minimum atomic E-state index is 0.0442. The molecule has 4 heteroatoms. The summed E-state index contributed by atoms with van der Waals surface area (Å²) in [5.41, 5.74) is 6.71. The van der Waals surface area contributed by atoms with Gasteiger partial charge in [0.2, 0.25) is 5.91 Å². The van der Waals surface area contributed by atoms with Gasteiger partial charge in [-0.05, 0) is 25.0 Å². The highest BCUT2D eigenvalue weighted by Gasteiger charge is 2.23. The molecule has 1 aliphatic heterocycles. The second-order valence-electron chi connectivity index (χ2n) is 4.11. The van der Waals surface area contributed by atoms with Gasteiger partial charge in [0.15, 0.2) is 0 Å². The number of para-hydroxylation sites is 1. The summed E-state index contributed by atoms with van der Waals surface area (Å²) >= 11 is 6.09. The van der Waals surface area contributed by atoms with Crippen molar-refractivity contribution in [3.63, 3.8) is 0 Å². The molecule has 0 aliphatic carbocycles. The Morgan fingerprint density at radius 1 is 1.38 bits per heavy atom. The van der Waals surface area contributed by atoms with Gasteiger partial charge < -0.3 is 10.6 Å². The average molecular weight is 239 g/mol. The Morgan fingerprint density at radius 2 is 2.12 bits per heavy atom. The van der Waals surface area contributed by atoms with Crippen molar-refractivity contribution in [3.8, 4) is 0 Å². The molecule has 16 heavy (non-hydrogen) atoms. The average Bonchev–Trinajstić information content (AvgIpc) is 2.42. The maximum atomic E-state index is 11.9. The first kappa shape index (κ1) is 11.4. The molecular weight excluding hydrogens is 224 g/mol. The zero-order chi connectivity index (χ0) is 11.5. The SMILES string of the molecule is NC1CCCC(=O)N(c2ccccc2Cl)C1. The molecule has 0 bridgehead atoms. The summed E-state index contributed by atoms with van der Waals surface area (Å²) in [6.45, 7) is 0.558. The molecule has 1 fully saturated rings. The fraction of sp³-hybridized carbons (Fsp3) is 0.417. The Balaban J connectivity index is 2.30. The largest absolute Gasteiger partial charge is 0.326 e. The van der Waals surface area contributed by atoms with Crippen molar-refractivity contribution in [1.82, 2.24) is 0 Å². The van der Waals surface area contributed by atoms with Crippen molar-refractivity contribution in [2.75, 3.05) is 11.4 Å². The van der Waals surface area contributed by atoms with E-state index in [4.69, 9.17) is 17.3 Å². The van der Waals surface area contributed by atoms with E-state index in [0.717, 1.165) is 18.5 Å². The third kappa shape index (κ3) is 2.36. The van der Waals surface area contributed by atoms with Crippen molar-refractivity contribution in [3.05, 3.63) is 29.3 Å². The summed E-state index contributed by atoms with van der Waals surface area (Å²) in [5.74, 6) is 0.112. The lowest BCUT2D eigenvalue weighted by molar-refractivity contribution is -0.118. The molecular formula is C12H15ClN2O. The van der Waals surface area contributed by atoms with Crippen LogP contribution >= 0.6 is 11.6 Å². The molecule has 0 radical (unpaired) electrons. The van der Waals surface area contributed by atoms with Crippen LogP contribution in [0, 0.1) is 0 Å². The van der Waals surface area contributed by atoms with Gasteiger partial charge in [-0.2, -0.15) is 0 Å². The second-order valence-corrected chi connectivity index (χ2v) is 4.52. The van der Waals surface area contributed by atoms with Gasteiger partial charge in [0.25, 0.3) is 0 Å². The molecule has 1 unspecified atom stereocenters. The Labute approximate surface area is 100 Å². The second kappa shape index (κ2) is 4.85. The number of amides is 1. The Bertz CT molecular complexity index is 394. The van der Waals surface area contributed by atoms with E-state index in [1.165, 1.54) is 0 Å². The van der Waals surface area contributed by atoms with Crippen molar-refractivity contribution >= 4 is 23.2 Å². The number of carbonyl (C=O) groups is 1. The van der Waals surface area contributed by atoms with E-state index in [1.54, 1.807) is 11.0 Å². The normalized spacial score (nSPS) is 22.0. The summed E-state index contributed by atoms with van der Waals surface area (Å²) < 4.78 is 0. The number of rotatable bonds is 1. The summed E-state index contributed by atoms with van der Waals surface area (Å²) in [6.07, 6.45) is 2.31. The van der Waals surface area contributed by atoms with Gasteiger partial charge in [-0.25, -0.2) is 0 Å².